The lowest BCUT2D eigenvalue weighted by Gasteiger charge is -2.14. The molecule has 0 saturated carbocycles. The molecule has 4 nitrogen and oxygen atoms in total. The molecule has 88 valence electrons. The van der Waals surface area contributed by atoms with Crippen LogP contribution < -0.4 is 4.90 Å². The predicted octanol–water partition coefficient (Wildman–Crippen LogP) is 1.71. The predicted molar refractivity (Wildman–Crippen MR) is 61.5 cm³/mol. The van der Waals surface area contributed by atoms with Crippen molar-refractivity contribution in [3.05, 3.63) is 28.0 Å². The Bertz CT molecular complexity index is 530. The molecule has 1 heterocycles. The smallest absolute Gasteiger partial charge is 0.299 e. The number of anilines is 1. The number of carbonyl (C=O) groups excluding carboxylic acids is 3. The number of hydrogen-bond acceptors (Lipinski definition) is 3. The topological polar surface area (TPSA) is 54.5 Å². The Balaban J connectivity index is 2.48. The Hall–Kier alpha value is -1.56. The van der Waals surface area contributed by atoms with Crippen LogP contribution in [-0.4, -0.2) is 24.5 Å². The number of nitrogens with zero attached hydrogens (tertiary/aromatic N) is 1. The van der Waals surface area contributed by atoms with Gasteiger partial charge >= 0.3 is 0 Å². The molecule has 0 unspecified atom stereocenters. The minimum atomic E-state index is -0.723. The molecule has 1 aromatic carbocycles. The fourth-order valence-corrected chi connectivity index (χ4v) is 2.04. The average Bonchev–Trinajstić information content (AvgIpc) is 2.52. The van der Waals surface area contributed by atoms with Crippen LogP contribution in [0.4, 0.5) is 10.1 Å². The first-order chi connectivity index (χ1) is 8.06. The number of benzene rings is 1. The zero-order valence-corrected chi connectivity index (χ0v) is 10.2. The Labute approximate surface area is 105 Å². The van der Waals surface area contributed by atoms with Crippen LogP contribution in [0.2, 0.25) is 0 Å². The van der Waals surface area contributed by atoms with Gasteiger partial charge in [-0.05, 0) is 28.1 Å². The Morgan fingerprint density at radius 2 is 2.06 bits per heavy atom. The third-order valence-electron chi connectivity index (χ3n) is 2.48. The monoisotopic (exact) mass is 299 g/mol. The van der Waals surface area contributed by atoms with E-state index in [0.29, 0.717) is 6.29 Å². The summed E-state index contributed by atoms with van der Waals surface area (Å²) in [4.78, 5) is 34.6. The van der Waals surface area contributed by atoms with Gasteiger partial charge in [0.25, 0.3) is 11.7 Å². The van der Waals surface area contributed by atoms with Crippen molar-refractivity contribution < 1.29 is 18.8 Å². The minimum absolute atomic E-state index is 0.0855. The largest absolute Gasteiger partial charge is 0.304 e. The number of hydrogen-bond donors (Lipinski definition) is 0. The molecular weight excluding hydrogens is 293 g/mol. The highest BCUT2D eigenvalue weighted by atomic mass is 79.9. The second-order valence-corrected chi connectivity index (χ2v) is 4.38. The number of rotatable bonds is 3. The molecule has 1 aliphatic heterocycles. The number of Topliss-reactive ketones (excluding diaryl/α,β-unsaturated/α-hetero) is 1. The summed E-state index contributed by atoms with van der Waals surface area (Å²) < 4.78 is 13.5. The van der Waals surface area contributed by atoms with Gasteiger partial charge in [0.15, 0.2) is 0 Å². The van der Waals surface area contributed by atoms with Gasteiger partial charge in [-0.2, -0.15) is 0 Å². The molecule has 17 heavy (non-hydrogen) atoms. The summed E-state index contributed by atoms with van der Waals surface area (Å²) in [5.41, 5.74) is 0.386. The number of amides is 1. The summed E-state index contributed by atoms with van der Waals surface area (Å²) in [7, 11) is 0. The second kappa shape index (κ2) is 4.37. The molecule has 1 aromatic rings. The zero-order chi connectivity index (χ0) is 12.6. The maximum absolute atomic E-state index is 13.4. The third kappa shape index (κ3) is 1.88. The van der Waals surface area contributed by atoms with E-state index in [1.807, 2.05) is 0 Å². The average molecular weight is 300 g/mol. The van der Waals surface area contributed by atoms with E-state index in [-0.39, 0.29) is 28.7 Å². The lowest BCUT2D eigenvalue weighted by Crippen LogP contribution is -2.30. The highest BCUT2D eigenvalue weighted by molar-refractivity contribution is 9.10. The molecule has 0 bridgehead atoms. The van der Waals surface area contributed by atoms with Crippen LogP contribution in [0.5, 0.6) is 0 Å². The highest BCUT2D eigenvalue weighted by Crippen LogP contribution is 2.33. The normalized spacial score (nSPS) is 14.1. The molecule has 0 atom stereocenters. The van der Waals surface area contributed by atoms with Gasteiger partial charge in [-0.3, -0.25) is 9.59 Å². The summed E-state index contributed by atoms with van der Waals surface area (Å²) in [6.45, 7) is 0.0855. The Morgan fingerprint density at radius 1 is 1.35 bits per heavy atom. The van der Waals surface area contributed by atoms with Crippen LogP contribution >= 0.6 is 15.9 Å². The molecule has 0 aromatic heterocycles. The van der Waals surface area contributed by atoms with E-state index >= 15 is 0 Å². The van der Waals surface area contributed by atoms with Crippen LogP contribution in [0, 0.1) is 5.82 Å². The van der Waals surface area contributed by atoms with Crippen molar-refractivity contribution in [1.29, 1.82) is 0 Å². The van der Waals surface area contributed by atoms with Crippen LogP contribution in [0.3, 0.4) is 0 Å². The summed E-state index contributed by atoms with van der Waals surface area (Å²) in [5, 5.41) is 0. The SMILES string of the molecule is O=CCCN1C(=O)C(=O)c2cc(Br)c(F)cc21. The van der Waals surface area contributed by atoms with Gasteiger partial charge in [0.2, 0.25) is 0 Å². The molecule has 2 rings (SSSR count). The van der Waals surface area contributed by atoms with Crippen molar-refractivity contribution in [3.8, 4) is 0 Å². The maximum atomic E-state index is 13.4. The number of halogens is 2. The molecule has 0 fully saturated rings. The van der Waals surface area contributed by atoms with Gasteiger partial charge in [-0.25, -0.2) is 4.39 Å². The van der Waals surface area contributed by atoms with Gasteiger partial charge in [-0.15, -0.1) is 0 Å². The standard InChI is InChI=1S/C11H7BrFNO3/c12-7-4-6-9(5-8(7)13)14(2-1-3-15)11(17)10(6)16/h3-5H,1-2H2. The fourth-order valence-electron chi connectivity index (χ4n) is 1.69. The van der Waals surface area contributed by atoms with E-state index in [1.54, 1.807) is 0 Å². The van der Waals surface area contributed by atoms with Crippen LogP contribution in [0.25, 0.3) is 0 Å². The van der Waals surface area contributed by atoms with E-state index in [9.17, 15) is 18.8 Å². The number of ketones is 1. The van der Waals surface area contributed by atoms with E-state index in [0.717, 1.165) is 11.0 Å². The molecule has 0 aliphatic carbocycles. The van der Waals surface area contributed by atoms with Crippen molar-refractivity contribution in [2.75, 3.05) is 11.4 Å². The van der Waals surface area contributed by atoms with E-state index in [4.69, 9.17) is 0 Å². The summed E-state index contributed by atoms with van der Waals surface area (Å²) in [6, 6.07) is 2.40. The summed E-state index contributed by atoms with van der Waals surface area (Å²) in [6.07, 6.45) is 0.751. The zero-order valence-electron chi connectivity index (χ0n) is 8.57. The van der Waals surface area contributed by atoms with Crippen LogP contribution in [0.1, 0.15) is 16.8 Å². The molecule has 0 saturated heterocycles. The highest BCUT2D eigenvalue weighted by Gasteiger charge is 2.36. The Kier molecular flexibility index (Phi) is 3.06. The van der Waals surface area contributed by atoms with Gasteiger partial charge in [0.1, 0.15) is 12.1 Å². The molecule has 0 spiro atoms. The lowest BCUT2D eigenvalue weighted by atomic mass is 10.1. The van der Waals surface area contributed by atoms with Crippen LogP contribution in [0.15, 0.2) is 16.6 Å². The van der Waals surface area contributed by atoms with Crippen molar-refractivity contribution >= 4 is 39.6 Å². The van der Waals surface area contributed by atoms with Crippen LogP contribution in [-0.2, 0) is 9.59 Å². The second-order valence-electron chi connectivity index (χ2n) is 3.52. The first-order valence-electron chi connectivity index (χ1n) is 4.85. The molecule has 6 heteroatoms. The van der Waals surface area contributed by atoms with Crippen molar-refractivity contribution in [2.45, 2.75) is 6.42 Å². The quantitative estimate of drug-likeness (QED) is 0.631. The first-order valence-corrected chi connectivity index (χ1v) is 5.64. The molecule has 0 radical (unpaired) electrons. The molecule has 1 amide bonds. The molecular formula is C11H7BrFNO3. The maximum Gasteiger partial charge on any atom is 0.299 e. The van der Waals surface area contributed by atoms with Gasteiger partial charge in [-0.1, -0.05) is 0 Å². The van der Waals surface area contributed by atoms with Gasteiger partial charge < -0.3 is 9.69 Å². The summed E-state index contributed by atoms with van der Waals surface area (Å²) >= 11 is 2.96. The number of aldehydes is 1. The van der Waals surface area contributed by atoms with Crippen molar-refractivity contribution in [2.24, 2.45) is 0 Å². The first kappa shape index (κ1) is 11.9. The minimum Gasteiger partial charge on any atom is -0.304 e. The third-order valence-corrected chi connectivity index (χ3v) is 3.09. The molecule has 1 aliphatic rings. The molecule has 0 N–H and O–H groups in total. The Morgan fingerprint density at radius 3 is 2.71 bits per heavy atom. The lowest BCUT2D eigenvalue weighted by molar-refractivity contribution is -0.114. The van der Waals surface area contributed by atoms with Gasteiger partial charge in [0, 0.05) is 13.0 Å². The number of carbonyl (C=O) groups is 3. The van der Waals surface area contributed by atoms with E-state index in [1.165, 1.54) is 6.07 Å². The van der Waals surface area contributed by atoms with Crippen molar-refractivity contribution in [1.82, 2.24) is 0 Å². The van der Waals surface area contributed by atoms with E-state index < -0.39 is 17.5 Å². The summed E-state index contributed by atoms with van der Waals surface area (Å²) in [5.74, 6) is -1.95. The van der Waals surface area contributed by atoms with Gasteiger partial charge in [0.05, 0.1) is 15.7 Å². The van der Waals surface area contributed by atoms with E-state index in [2.05, 4.69) is 15.9 Å². The number of fused-ring (bicyclic) bond motifs is 1. The fraction of sp³-hybridized carbons (Fsp3) is 0.182. The van der Waals surface area contributed by atoms with Crippen molar-refractivity contribution in [3.63, 3.8) is 0 Å².